The van der Waals surface area contributed by atoms with E-state index in [1.807, 2.05) is 13.8 Å². The summed E-state index contributed by atoms with van der Waals surface area (Å²) in [5, 5.41) is 8.50. The second-order valence-corrected chi connectivity index (χ2v) is 3.91. The largest absolute Gasteiger partial charge is 1.00 e. The maximum Gasteiger partial charge on any atom is 1.00 e. The molecule has 7 nitrogen and oxygen atoms in total. The summed E-state index contributed by atoms with van der Waals surface area (Å²) in [7, 11) is 1.30. The monoisotopic (exact) mass is 311 g/mol. The van der Waals surface area contributed by atoms with Crippen LogP contribution in [-0.4, -0.2) is 46.5 Å². The van der Waals surface area contributed by atoms with Crippen molar-refractivity contribution >= 4 is 14.4 Å². The summed E-state index contributed by atoms with van der Waals surface area (Å²) in [5.74, 6) is 0.0590. The SMILES string of the molecule is COC(=O)c1ncc(C)cn1.Cc1cnc(CO)nc1.[B].[H-].[Na+]. The van der Waals surface area contributed by atoms with Gasteiger partial charge in [0.15, 0.2) is 5.82 Å². The summed E-state index contributed by atoms with van der Waals surface area (Å²) >= 11 is 0. The maximum atomic E-state index is 10.8. The van der Waals surface area contributed by atoms with E-state index in [9.17, 15) is 4.79 Å². The zero-order valence-electron chi connectivity index (χ0n) is 14.1. The Morgan fingerprint density at radius 1 is 1.09 bits per heavy atom. The van der Waals surface area contributed by atoms with E-state index < -0.39 is 5.97 Å². The smallest absolute Gasteiger partial charge is 1.00 e. The molecule has 0 saturated carbocycles. The van der Waals surface area contributed by atoms with Crippen LogP contribution in [0.1, 0.15) is 29.0 Å². The normalized spacial score (nSPS) is 8.55. The van der Waals surface area contributed by atoms with Gasteiger partial charge in [-0.3, -0.25) is 0 Å². The average Bonchev–Trinajstić information content (AvgIpc) is 2.49. The topological polar surface area (TPSA) is 98.1 Å². The fourth-order valence-electron chi connectivity index (χ4n) is 1.09. The molecule has 0 spiro atoms. The quantitative estimate of drug-likeness (QED) is 0.487. The number of carbonyl (C=O) groups excluding carboxylic acids is 1. The molecular weight excluding hydrogens is 294 g/mol. The molecule has 9 heteroatoms. The van der Waals surface area contributed by atoms with Gasteiger partial charge in [-0.2, -0.15) is 0 Å². The zero-order chi connectivity index (χ0) is 15.0. The van der Waals surface area contributed by atoms with Crippen molar-refractivity contribution in [3.63, 3.8) is 0 Å². The van der Waals surface area contributed by atoms with Gasteiger partial charge in [0.1, 0.15) is 6.61 Å². The van der Waals surface area contributed by atoms with E-state index in [0.717, 1.165) is 11.1 Å². The fourth-order valence-corrected chi connectivity index (χ4v) is 1.09. The Hall–Kier alpha value is -1.35. The van der Waals surface area contributed by atoms with Crippen LogP contribution in [0.4, 0.5) is 0 Å². The second kappa shape index (κ2) is 12.2. The van der Waals surface area contributed by atoms with Crippen LogP contribution in [0.25, 0.3) is 0 Å². The summed E-state index contributed by atoms with van der Waals surface area (Å²) in [6.45, 7) is 3.67. The third kappa shape index (κ3) is 8.18. The summed E-state index contributed by atoms with van der Waals surface area (Å²) in [4.78, 5) is 26.0. The van der Waals surface area contributed by atoms with Crippen LogP contribution in [0.2, 0.25) is 0 Å². The minimum atomic E-state index is -0.509. The van der Waals surface area contributed by atoms with Gasteiger partial charge in [-0.1, -0.05) is 0 Å². The van der Waals surface area contributed by atoms with Crippen LogP contribution in [0.15, 0.2) is 24.8 Å². The van der Waals surface area contributed by atoms with Gasteiger partial charge in [-0.15, -0.1) is 0 Å². The molecule has 2 rings (SSSR count). The molecule has 0 bridgehead atoms. The van der Waals surface area contributed by atoms with Gasteiger partial charge in [-0.25, -0.2) is 24.7 Å². The van der Waals surface area contributed by atoms with E-state index in [1.54, 1.807) is 24.8 Å². The summed E-state index contributed by atoms with van der Waals surface area (Å²) in [5.41, 5.74) is 1.92. The van der Waals surface area contributed by atoms with Crippen molar-refractivity contribution in [2.24, 2.45) is 0 Å². The number of aliphatic hydroxyl groups excluding tert-OH is 1. The molecule has 0 aromatic carbocycles. The van der Waals surface area contributed by atoms with Gasteiger partial charge in [0.25, 0.3) is 0 Å². The standard InChI is InChI=1S/C7H8N2O2.C6H8N2O.B.Na.H/c1-5-3-8-6(9-4-5)7(10)11-2;1-5-2-7-6(4-9)8-3-5;;;/h3-4H,1-2H3;2-3,9H,4H2,1H3;;;/q;;;+1;-1. The van der Waals surface area contributed by atoms with Gasteiger partial charge >= 0.3 is 35.5 Å². The molecule has 2 heterocycles. The average molecular weight is 311 g/mol. The maximum absolute atomic E-state index is 10.8. The number of nitrogens with zero attached hydrogens (tertiary/aromatic N) is 4. The minimum absolute atomic E-state index is 0. The Labute approximate surface area is 154 Å². The molecule has 2 aromatic heterocycles. The van der Waals surface area contributed by atoms with Crippen molar-refractivity contribution in [1.82, 2.24) is 19.9 Å². The van der Waals surface area contributed by atoms with E-state index in [2.05, 4.69) is 24.7 Å². The molecule has 22 heavy (non-hydrogen) atoms. The summed E-state index contributed by atoms with van der Waals surface area (Å²) in [6.07, 6.45) is 6.50. The number of aliphatic hydroxyl groups is 1. The van der Waals surface area contributed by atoms with Gasteiger partial charge < -0.3 is 11.3 Å². The molecule has 0 unspecified atom stereocenters. The number of hydrogen-bond donors (Lipinski definition) is 1. The molecule has 2 aromatic rings. The van der Waals surface area contributed by atoms with E-state index in [4.69, 9.17) is 5.11 Å². The van der Waals surface area contributed by atoms with Crippen LogP contribution in [0, 0.1) is 13.8 Å². The number of hydrogen-bond acceptors (Lipinski definition) is 7. The van der Waals surface area contributed by atoms with Crippen LogP contribution in [0.5, 0.6) is 0 Å². The van der Waals surface area contributed by atoms with E-state index >= 15 is 0 Å². The summed E-state index contributed by atoms with van der Waals surface area (Å²) in [6, 6.07) is 0. The molecule has 0 fully saturated rings. The molecule has 1 N–H and O–H groups in total. The van der Waals surface area contributed by atoms with E-state index in [-0.39, 0.29) is 51.8 Å². The first-order valence-electron chi connectivity index (χ1n) is 5.82. The Kier molecular flexibility index (Phi) is 12.7. The minimum Gasteiger partial charge on any atom is -1.00 e. The molecule has 0 amide bonds. The second-order valence-electron chi connectivity index (χ2n) is 3.91. The predicted octanol–water partition coefficient (Wildman–Crippen LogP) is -2.42. The first kappa shape index (κ1) is 22.9. The van der Waals surface area contributed by atoms with Crippen molar-refractivity contribution in [2.75, 3.05) is 7.11 Å². The van der Waals surface area contributed by atoms with Crippen LogP contribution in [-0.2, 0) is 11.3 Å². The molecule has 3 radical (unpaired) electrons. The van der Waals surface area contributed by atoms with Crippen molar-refractivity contribution in [3.05, 3.63) is 47.6 Å². The van der Waals surface area contributed by atoms with Crippen molar-refractivity contribution < 1.29 is 45.6 Å². The number of esters is 1. The van der Waals surface area contributed by atoms with Crippen LogP contribution in [0.3, 0.4) is 0 Å². The number of methoxy groups -OCH3 is 1. The Morgan fingerprint density at radius 3 is 1.86 bits per heavy atom. The van der Waals surface area contributed by atoms with Crippen molar-refractivity contribution in [2.45, 2.75) is 20.5 Å². The zero-order valence-corrected chi connectivity index (χ0v) is 15.1. The number of rotatable bonds is 2. The first-order valence-corrected chi connectivity index (χ1v) is 5.82. The Morgan fingerprint density at radius 2 is 1.50 bits per heavy atom. The first-order chi connectivity index (χ1) is 9.56. The molecule has 0 aliphatic carbocycles. The third-order valence-corrected chi connectivity index (χ3v) is 2.12. The van der Waals surface area contributed by atoms with E-state index in [1.165, 1.54) is 7.11 Å². The van der Waals surface area contributed by atoms with E-state index in [0.29, 0.717) is 5.82 Å². The molecular formula is C13H17BN4NaO3. The molecule has 0 saturated heterocycles. The van der Waals surface area contributed by atoms with Crippen LogP contribution < -0.4 is 29.6 Å². The number of carbonyl (C=O) groups is 1. The molecule has 111 valence electrons. The van der Waals surface area contributed by atoms with Gasteiger partial charge in [0.2, 0.25) is 5.82 Å². The van der Waals surface area contributed by atoms with Gasteiger partial charge in [-0.05, 0) is 25.0 Å². The number of aryl methyl sites for hydroxylation is 2. The molecule has 0 atom stereocenters. The Bertz CT molecular complexity index is 558. The van der Waals surface area contributed by atoms with Crippen molar-refractivity contribution in [1.29, 1.82) is 0 Å². The third-order valence-electron chi connectivity index (χ3n) is 2.12. The molecule has 0 aliphatic rings. The van der Waals surface area contributed by atoms with Crippen molar-refractivity contribution in [3.8, 4) is 0 Å². The summed E-state index contributed by atoms with van der Waals surface area (Å²) < 4.78 is 4.41. The molecule has 0 aliphatic heterocycles. The van der Waals surface area contributed by atoms with Crippen LogP contribution >= 0.6 is 0 Å². The number of ether oxygens (including phenoxy) is 1. The Balaban J connectivity index is -0.000000312. The fraction of sp³-hybridized carbons (Fsp3) is 0.308. The number of aromatic nitrogens is 4. The van der Waals surface area contributed by atoms with Gasteiger partial charge in [0, 0.05) is 33.2 Å². The predicted molar refractivity (Wildman–Crippen MR) is 77.7 cm³/mol. The van der Waals surface area contributed by atoms with Gasteiger partial charge in [0.05, 0.1) is 7.11 Å².